The van der Waals surface area contributed by atoms with Crippen LogP contribution in [-0.4, -0.2) is 102 Å². The molecular formula is C25H45N9O6S. The highest BCUT2D eigenvalue weighted by Gasteiger charge is 2.28. The number of nitrogens with one attached hydrogen (secondary N) is 4. The Kier molecular flexibility index (Phi) is 16.4. The molecule has 15 nitrogen and oxygen atoms in total. The smallest absolute Gasteiger partial charge is 0.244 e. The SMILES string of the molecule is C[C@H](NC(=O)[C@H](C)NC(=O)[C@H](CS)NC(=O)[C@@H](N)CCCN=C(N)N)C(=O)NCC(=O)N(CC=O)C1CCCCC1. The predicted molar refractivity (Wildman–Crippen MR) is 157 cm³/mol. The van der Waals surface area contributed by atoms with Gasteiger partial charge >= 0.3 is 0 Å². The van der Waals surface area contributed by atoms with Crippen LogP contribution in [0, 0.1) is 0 Å². The van der Waals surface area contributed by atoms with Crippen LogP contribution < -0.4 is 38.5 Å². The molecular weight excluding hydrogens is 554 g/mol. The van der Waals surface area contributed by atoms with Crippen molar-refractivity contribution in [3.05, 3.63) is 0 Å². The Hall–Kier alpha value is -3.40. The van der Waals surface area contributed by atoms with E-state index < -0.39 is 47.8 Å². The van der Waals surface area contributed by atoms with Crippen molar-refractivity contribution >= 4 is 54.4 Å². The molecule has 232 valence electrons. The van der Waals surface area contributed by atoms with Crippen molar-refractivity contribution in [1.82, 2.24) is 26.2 Å². The molecule has 5 amide bonds. The fourth-order valence-corrected chi connectivity index (χ4v) is 4.51. The van der Waals surface area contributed by atoms with Crippen LogP contribution in [0.3, 0.4) is 0 Å². The van der Waals surface area contributed by atoms with Gasteiger partial charge in [-0.3, -0.25) is 29.0 Å². The molecule has 0 aromatic rings. The zero-order valence-corrected chi connectivity index (χ0v) is 24.7. The maximum absolute atomic E-state index is 12.7. The van der Waals surface area contributed by atoms with Gasteiger partial charge in [-0.1, -0.05) is 19.3 Å². The molecule has 0 aliphatic heterocycles. The second-order valence-electron chi connectivity index (χ2n) is 9.98. The summed E-state index contributed by atoms with van der Waals surface area (Å²) < 4.78 is 0. The van der Waals surface area contributed by atoms with Gasteiger partial charge in [0.05, 0.1) is 19.1 Å². The number of aliphatic imine (C=N–C) groups is 1. The zero-order chi connectivity index (χ0) is 30.9. The molecule has 1 rings (SSSR count). The molecule has 0 aromatic heterocycles. The summed E-state index contributed by atoms with van der Waals surface area (Å²) >= 11 is 4.10. The Morgan fingerprint density at radius 2 is 1.56 bits per heavy atom. The first-order valence-corrected chi connectivity index (χ1v) is 14.4. The molecule has 0 heterocycles. The van der Waals surface area contributed by atoms with Crippen LogP contribution >= 0.6 is 12.6 Å². The van der Waals surface area contributed by atoms with Crippen LogP contribution in [0.15, 0.2) is 4.99 Å². The summed E-state index contributed by atoms with van der Waals surface area (Å²) in [6.07, 6.45) is 6.09. The summed E-state index contributed by atoms with van der Waals surface area (Å²) in [6.45, 7) is 2.80. The van der Waals surface area contributed by atoms with E-state index in [4.69, 9.17) is 17.2 Å². The van der Waals surface area contributed by atoms with Gasteiger partial charge in [0.25, 0.3) is 0 Å². The fourth-order valence-electron chi connectivity index (χ4n) is 4.25. The van der Waals surface area contributed by atoms with Crippen LogP contribution in [0.1, 0.15) is 58.8 Å². The number of thiol groups is 1. The predicted octanol–water partition coefficient (Wildman–Crippen LogP) is -2.73. The number of rotatable bonds is 17. The number of carbonyl (C=O) groups excluding carboxylic acids is 6. The number of guanidine groups is 1. The van der Waals surface area contributed by atoms with Crippen molar-refractivity contribution in [2.45, 2.75) is 89.0 Å². The molecule has 0 unspecified atom stereocenters. The van der Waals surface area contributed by atoms with E-state index in [-0.39, 0.29) is 43.2 Å². The standard InChI is InChI=1S/C25H45N9O6S/c1-15(21(37)30-13-20(36)34(11-12-35)17-7-4-3-5-8-17)31-22(38)16(2)32-24(40)19(14-41)33-23(39)18(26)9-6-10-29-25(27)28/h12,15-19,41H,3-11,13-14,26H2,1-2H3,(H,30,37)(H,31,38)(H,32,40)(H,33,39)(H4,27,28,29)/t15-,16-,18-,19-/m0/s1. The average Bonchev–Trinajstić information content (AvgIpc) is 2.95. The minimum atomic E-state index is -1.06. The van der Waals surface area contributed by atoms with Crippen LogP contribution in [0.25, 0.3) is 0 Å². The number of nitrogens with two attached hydrogens (primary N) is 3. The van der Waals surface area contributed by atoms with Crippen molar-refractivity contribution < 1.29 is 28.8 Å². The van der Waals surface area contributed by atoms with Gasteiger partial charge in [-0.2, -0.15) is 12.6 Å². The quantitative estimate of drug-likeness (QED) is 0.0284. The molecule has 41 heavy (non-hydrogen) atoms. The maximum Gasteiger partial charge on any atom is 0.244 e. The monoisotopic (exact) mass is 599 g/mol. The van der Waals surface area contributed by atoms with E-state index >= 15 is 0 Å². The number of carbonyl (C=O) groups is 6. The molecule has 0 bridgehead atoms. The molecule has 1 fully saturated rings. The van der Waals surface area contributed by atoms with E-state index in [9.17, 15) is 28.8 Å². The third-order valence-electron chi connectivity index (χ3n) is 6.64. The largest absolute Gasteiger partial charge is 0.370 e. The van der Waals surface area contributed by atoms with Crippen molar-refractivity contribution in [2.75, 3.05) is 25.4 Å². The second-order valence-corrected chi connectivity index (χ2v) is 10.3. The van der Waals surface area contributed by atoms with Crippen molar-refractivity contribution in [1.29, 1.82) is 0 Å². The highest BCUT2D eigenvalue weighted by atomic mass is 32.1. The van der Waals surface area contributed by atoms with Gasteiger partial charge in [-0.15, -0.1) is 0 Å². The van der Waals surface area contributed by atoms with E-state index in [0.717, 1.165) is 32.1 Å². The summed E-state index contributed by atoms with van der Waals surface area (Å²) in [6, 6.07) is -4.06. The topological polar surface area (TPSA) is 244 Å². The molecule has 10 N–H and O–H groups in total. The van der Waals surface area contributed by atoms with Crippen molar-refractivity contribution in [3.63, 3.8) is 0 Å². The van der Waals surface area contributed by atoms with Crippen LogP contribution in [0.5, 0.6) is 0 Å². The second kappa shape index (κ2) is 18.9. The Morgan fingerprint density at radius 1 is 0.951 bits per heavy atom. The molecule has 1 saturated carbocycles. The van der Waals surface area contributed by atoms with Gasteiger partial charge in [0.1, 0.15) is 24.4 Å². The molecule has 16 heteroatoms. The normalized spacial score (nSPS) is 16.2. The molecule has 1 aliphatic carbocycles. The number of nitrogens with zero attached hydrogens (tertiary/aromatic N) is 2. The van der Waals surface area contributed by atoms with E-state index in [2.05, 4.69) is 38.9 Å². The lowest BCUT2D eigenvalue weighted by atomic mass is 9.94. The van der Waals surface area contributed by atoms with Gasteiger partial charge in [0.15, 0.2) is 5.96 Å². The summed E-state index contributed by atoms with van der Waals surface area (Å²) in [5.41, 5.74) is 16.4. The summed E-state index contributed by atoms with van der Waals surface area (Å²) in [5.74, 6) is -2.98. The van der Waals surface area contributed by atoms with Crippen LogP contribution in [-0.2, 0) is 28.8 Å². The lowest BCUT2D eigenvalue weighted by molar-refractivity contribution is -0.137. The first-order chi connectivity index (χ1) is 19.4. The van der Waals surface area contributed by atoms with Gasteiger partial charge in [-0.05, 0) is 39.5 Å². The third kappa shape index (κ3) is 13.2. The first-order valence-electron chi connectivity index (χ1n) is 13.7. The molecule has 1 aliphatic rings. The number of amides is 5. The Morgan fingerprint density at radius 3 is 2.15 bits per heavy atom. The van der Waals surface area contributed by atoms with Gasteiger partial charge in [0, 0.05) is 18.3 Å². The summed E-state index contributed by atoms with van der Waals surface area (Å²) in [7, 11) is 0. The van der Waals surface area contributed by atoms with E-state index in [0.29, 0.717) is 19.3 Å². The van der Waals surface area contributed by atoms with E-state index in [1.165, 1.54) is 18.7 Å². The number of hydrogen-bond acceptors (Lipinski definition) is 9. The lowest BCUT2D eigenvalue weighted by Crippen LogP contribution is -2.57. The van der Waals surface area contributed by atoms with E-state index in [1.807, 2.05) is 0 Å². The summed E-state index contributed by atoms with van der Waals surface area (Å²) in [5, 5.41) is 9.94. The zero-order valence-electron chi connectivity index (χ0n) is 23.8. The molecule has 0 radical (unpaired) electrons. The molecule has 0 saturated heterocycles. The highest BCUT2D eigenvalue weighted by molar-refractivity contribution is 7.80. The maximum atomic E-state index is 12.7. The van der Waals surface area contributed by atoms with Gasteiger partial charge in [0.2, 0.25) is 29.5 Å². The Bertz CT molecular complexity index is 941. The number of aldehydes is 1. The highest BCUT2D eigenvalue weighted by Crippen LogP contribution is 2.22. The lowest BCUT2D eigenvalue weighted by Gasteiger charge is -2.33. The minimum Gasteiger partial charge on any atom is -0.370 e. The van der Waals surface area contributed by atoms with Gasteiger partial charge in [-0.25, -0.2) is 0 Å². The first kappa shape index (κ1) is 35.6. The molecule has 0 spiro atoms. The van der Waals surface area contributed by atoms with Gasteiger partial charge < -0.3 is 48.2 Å². The Labute approximate surface area is 245 Å². The molecule has 4 atom stereocenters. The van der Waals surface area contributed by atoms with Crippen LogP contribution in [0.4, 0.5) is 0 Å². The van der Waals surface area contributed by atoms with E-state index in [1.54, 1.807) is 0 Å². The third-order valence-corrected chi connectivity index (χ3v) is 7.01. The van der Waals surface area contributed by atoms with Crippen molar-refractivity contribution in [2.24, 2.45) is 22.2 Å². The average molecular weight is 600 g/mol. The van der Waals surface area contributed by atoms with Crippen molar-refractivity contribution in [3.8, 4) is 0 Å². The molecule has 0 aromatic carbocycles. The summed E-state index contributed by atoms with van der Waals surface area (Å²) in [4.78, 5) is 79.2. The van der Waals surface area contributed by atoms with Crippen LogP contribution in [0.2, 0.25) is 0 Å². The fraction of sp³-hybridized carbons (Fsp3) is 0.720. The minimum absolute atomic E-state index is 0.0301. The Balaban J connectivity index is 2.53. The number of hydrogen-bond donors (Lipinski definition) is 8.